The molecule has 4 fully saturated rings. The molecule has 0 bridgehead atoms. The summed E-state index contributed by atoms with van der Waals surface area (Å²) in [7, 11) is -1.72. The first kappa shape index (κ1) is 29.5. The molecule has 0 spiro atoms. The smallest absolute Gasteiger partial charge is 0.192 e. The second-order valence-electron chi connectivity index (χ2n) is 15.3. The third kappa shape index (κ3) is 4.93. The van der Waals surface area contributed by atoms with E-state index in [0.29, 0.717) is 17.4 Å². The Morgan fingerprint density at radius 3 is 2.49 bits per heavy atom. The largest absolute Gasteiger partial charge is 0.472 e. The third-order valence-electron chi connectivity index (χ3n) is 12.8. The van der Waals surface area contributed by atoms with Gasteiger partial charge in [-0.2, -0.15) is 0 Å². The fraction of sp³-hybridized carbons (Fsp3) is 0.848. The number of carbonyl (C=O) groups excluding carboxylic acids is 1. The van der Waals surface area contributed by atoms with Crippen LogP contribution < -0.4 is 0 Å². The summed E-state index contributed by atoms with van der Waals surface area (Å²) in [5, 5.41) is 0.243. The van der Waals surface area contributed by atoms with E-state index in [1.165, 1.54) is 44.9 Å². The van der Waals surface area contributed by atoms with Gasteiger partial charge in [-0.05, 0) is 111 Å². The highest BCUT2D eigenvalue weighted by Gasteiger charge is 2.66. The molecule has 8 atom stereocenters. The average molecular weight is 559 g/mol. The Kier molecular flexibility index (Phi) is 8.11. The van der Waals surface area contributed by atoms with E-state index in [1.54, 1.807) is 6.26 Å². The van der Waals surface area contributed by atoms with Crippen LogP contribution in [0.25, 0.3) is 0 Å². The molecule has 6 heteroatoms. The number of aldehydes is 1. The van der Waals surface area contributed by atoms with E-state index in [9.17, 15) is 4.79 Å². The normalized spacial score (nSPS) is 40.5. The van der Waals surface area contributed by atoms with Crippen LogP contribution in [0.3, 0.4) is 0 Å². The lowest BCUT2D eigenvalue weighted by Crippen LogP contribution is -2.56. The number of furan rings is 1. The van der Waals surface area contributed by atoms with Crippen LogP contribution in [-0.2, 0) is 24.3 Å². The maximum atomic E-state index is 11.4. The van der Waals surface area contributed by atoms with Gasteiger partial charge in [0.15, 0.2) is 8.32 Å². The number of carbonyl (C=O) groups is 1. The highest BCUT2D eigenvalue weighted by Crippen LogP contribution is 2.71. The molecule has 0 unspecified atom stereocenters. The molecule has 1 aromatic heterocycles. The Morgan fingerprint density at radius 1 is 1.03 bits per heavy atom. The van der Waals surface area contributed by atoms with E-state index in [-0.39, 0.29) is 17.1 Å². The van der Waals surface area contributed by atoms with Crippen molar-refractivity contribution in [2.45, 2.75) is 122 Å². The molecule has 0 saturated heterocycles. The summed E-state index contributed by atoms with van der Waals surface area (Å²) in [6, 6.07) is 2.07. The minimum atomic E-state index is -1.72. The zero-order valence-electron chi connectivity index (χ0n) is 25.7. The molecule has 4 aliphatic carbocycles. The monoisotopic (exact) mass is 558 g/mol. The van der Waals surface area contributed by atoms with Crippen molar-refractivity contribution >= 4 is 14.6 Å². The van der Waals surface area contributed by atoms with Crippen molar-refractivity contribution < 1.29 is 23.1 Å². The summed E-state index contributed by atoms with van der Waals surface area (Å²) < 4.78 is 24.9. The molecule has 0 aromatic carbocycles. The van der Waals surface area contributed by atoms with Gasteiger partial charge in [0, 0.05) is 11.0 Å². The SMILES string of the molecule is CC(C)(C)[Si](C)(C)OCCO[C@H]1CC[C@@]2(C)[C@H](CC[C@@H]3[C@@H]2CC[C@@]2(C)[C@H]3CC[C@@]2(OCC=O)c2ccoc2)C1. The molecule has 1 heterocycles. The minimum Gasteiger partial charge on any atom is -0.472 e. The van der Waals surface area contributed by atoms with Crippen molar-refractivity contribution in [1.82, 2.24) is 0 Å². The maximum Gasteiger partial charge on any atom is 0.192 e. The summed E-state index contributed by atoms with van der Waals surface area (Å²) in [5.74, 6) is 2.92. The van der Waals surface area contributed by atoms with Crippen molar-refractivity contribution in [3.05, 3.63) is 24.2 Å². The third-order valence-corrected chi connectivity index (χ3v) is 17.4. The lowest BCUT2D eigenvalue weighted by molar-refractivity contribution is -0.183. The van der Waals surface area contributed by atoms with Crippen molar-refractivity contribution in [2.24, 2.45) is 34.5 Å². The van der Waals surface area contributed by atoms with E-state index >= 15 is 0 Å². The first-order chi connectivity index (χ1) is 18.4. The molecule has 0 N–H and O–H groups in total. The molecule has 220 valence electrons. The van der Waals surface area contributed by atoms with Crippen molar-refractivity contribution in [3.8, 4) is 0 Å². The summed E-state index contributed by atoms with van der Waals surface area (Å²) in [6.45, 7) is 18.2. The minimum absolute atomic E-state index is 0.0364. The number of hydrogen-bond donors (Lipinski definition) is 0. The van der Waals surface area contributed by atoms with Crippen LogP contribution in [0.5, 0.6) is 0 Å². The van der Waals surface area contributed by atoms with Crippen LogP contribution in [0.2, 0.25) is 18.1 Å². The van der Waals surface area contributed by atoms with Gasteiger partial charge in [0.2, 0.25) is 0 Å². The summed E-state index contributed by atoms with van der Waals surface area (Å²) in [4.78, 5) is 11.4. The maximum absolute atomic E-state index is 11.4. The average Bonchev–Trinajstić information content (AvgIpc) is 3.51. The van der Waals surface area contributed by atoms with Crippen LogP contribution in [0.4, 0.5) is 0 Å². The summed E-state index contributed by atoms with van der Waals surface area (Å²) >= 11 is 0. The quantitative estimate of drug-likeness (QED) is 0.174. The molecule has 1 aromatic rings. The molecule has 0 amide bonds. The van der Waals surface area contributed by atoms with Crippen molar-refractivity contribution in [1.29, 1.82) is 0 Å². The van der Waals surface area contributed by atoms with Crippen LogP contribution in [0.15, 0.2) is 23.0 Å². The van der Waals surface area contributed by atoms with E-state index < -0.39 is 13.9 Å². The van der Waals surface area contributed by atoms with Gasteiger partial charge in [0.25, 0.3) is 0 Å². The van der Waals surface area contributed by atoms with Gasteiger partial charge in [-0.25, -0.2) is 0 Å². The van der Waals surface area contributed by atoms with Gasteiger partial charge in [-0.3, -0.25) is 0 Å². The number of fused-ring (bicyclic) bond motifs is 5. The standard InChI is InChI=1S/C33H54O5Si/c1-30(2,3)39(6,7)38-21-20-36-26-10-14-31(4)24(22-26)8-9-27-28(31)11-15-32(5)29(27)12-16-33(32,37-19-17-34)25-13-18-35-23-25/h13,17-18,23-24,26-29H,8-12,14-16,19-22H2,1-7H3/t24-,26+,27-,28+,29+,31+,32+,33-/m1/s1. The number of ether oxygens (including phenoxy) is 2. The fourth-order valence-electron chi connectivity index (χ4n) is 9.56. The Morgan fingerprint density at radius 2 is 1.79 bits per heavy atom. The summed E-state index contributed by atoms with van der Waals surface area (Å²) in [6.07, 6.45) is 15.8. The first-order valence-corrected chi connectivity index (χ1v) is 18.6. The van der Waals surface area contributed by atoms with Gasteiger partial charge in [0.05, 0.1) is 31.8 Å². The number of hydrogen-bond acceptors (Lipinski definition) is 5. The topological polar surface area (TPSA) is 57.9 Å². The van der Waals surface area contributed by atoms with Gasteiger partial charge in [-0.15, -0.1) is 0 Å². The first-order valence-electron chi connectivity index (χ1n) is 15.7. The van der Waals surface area contributed by atoms with Crippen LogP contribution in [0, 0.1) is 34.5 Å². The Labute approximate surface area is 238 Å². The van der Waals surface area contributed by atoms with Gasteiger partial charge < -0.3 is 23.1 Å². The lowest BCUT2D eigenvalue weighted by Gasteiger charge is -2.62. The molecular formula is C33H54O5Si. The van der Waals surface area contributed by atoms with Gasteiger partial charge >= 0.3 is 0 Å². The molecule has 4 saturated carbocycles. The molecule has 5 rings (SSSR count). The highest BCUT2D eigenvalue weighted by molar-refractivity contribution is 6.74. The molecule has 5 nitrogen and oxygen atoms in total. The van der Waals surface area contributed by atoms with Gasteiger partial charge in [-0.1, -0.05) is 34.6 Å². The summed E-state index contributed by atoms with van der Waals surface area (Å²) in [5.41, 5.74) is 1.16. The molecule has 0 radical (unpaired) electrons. The number of rotatable bonds is 9. The molecule has 39 heavy (non-hydrogen) atoms. The van der Waals surface area contributed by atoms with E-state index in [4.69, 9.17) is 18.3 Å². The van der Waals surface area contributed by atoms with Crippen LogP contribution in [0.1, 0.15) is 98.0 Å². The van der Waals surface area contributed by atoms with Crippen LogP contribution in [-0.4, -0.2) is 40.5 Å². The van der Waals surface area contributed by atoms with E-state index in [2.05, 4.69) is 53.8 Å². The van der Waals surface area contributed by atoms with E-state index in [1.807, 2.05) is 6.26 Å². The lowest BCUT2D eigenvalue weighted by atomic mass is 9.44. The molecular weight excluding hydrogens is 504 g/mol. The molecule has 0 aliphatic heterocycles. The van der Waals surface area contributed by atoms with Crippen molar-refractivity contribution in [2.75, 3.05) is 19.8 Å². The predicted octanol–water partition coefficient (Wildman–Crippen LogP) is 8.14. The van der Waals surface area contributed by atoms with Gasteiger partial charge in [0.1, 0.15) is 18.5 Å². The molecule has 4 aliphatic rings. The predicted molar refractivity (Wildman–Crippen MR) is 157 cm³/mol. The Bertz CT molecular complexity index is 985. The second-order valence-corrected chi connectivity index (χ2v) is 20.2. The zero-order chi connectivity index (χ0) is 28.1. The Hall–Kier alpha value is -0.953. The fourth-order valence-corrected chi connectivity index (χ4v) is 10.6. The van der Waals surface area contributed by atoms with Crippen LogP contribution >= 0.6 is 0 Å². The second kappa shape index (κ2) is 10.7. The van der Waals surface area contributed by atoms with E-state index in [0.717, 1.165) is 55.7 Å². The highest BCUT2D eigenvalue weighted by atomic mass is 28.4. The Balaban J connectivity index is 1.23. The van der Waals surface area contributed by atoms with Crippen molar-refractivity contribution in [3.63, 3.8) is 0 Å². The zero-order valence-corrected chi connectivity index (χ0v) is 26.7.